The second kappa shape index (κ2) is 11.7. The lowest BCUT2D eigenvalue weighted by molar-refractivity contribution is -0.121. The van der Waals surface area contributed by atoms with Gasteiger partial charge in [-0.25, -0.2) is 0 Å². The summed E-state index contributed by atoms with van der Waals surface area (Å²) in [6, 6.07) is 27.8. The summed E-state index contributed by atoms with van der Waals surface area (Å²) >= 11 is 8.03. The van der Waals surface area contributed by atoms with Crippen molar-refractivity contribution in [2.24, 2.45) is 0 Å². The van der Waals surface area contributed by atoms with Crippen LogP contribution in [-0.4, -0.2) is 33.0 Å². The van der Waals surface area contributed by atoms with E-state index in [1.165, 1.54) is 5.56 Å². The fraction of sp³-hybridized carbons (Fsp3) is 0.192. The van der Waals surface area contributed by atoms with Gasteiger partial charge < -0.3 is 5.32 Å². The number of hydrogen-bond acceptors (Lipinski definition) is 4. The Balaban J connectivity index is 1.35. The van der Waals surface area contributed by atoms with Gasteiger partial charge in [0.2, 0.25) is 5.91 Å². The molecule has 5 nitrogen and oxygen atoms in total. The Hall–Kier alpha value is -3.09. The third kappa shape index (κ3) is 6.24. The van der Waals surface area contributed by atoms with E-state index < -0.39 is 0 Å². The standard InChI is InChI=1S/C26H25ClN4OS/c27-23-15-8-7-14-22(23)25-29-30-26(31(25)21-12-5-2-6-13-21)33-19-9-16-24(32)28-18-17-20-10-3-1-4-11-20/h1-8,10-15H,9,16-19H2,(H,28,32). The molecule has 1 heterocycles. The van der Waals surface area contributed by atoms with E-state index in [4.69, 9.17) is 11.6 Å². The number of carbonyl (C=O) groups excluding carboxylic acids is 1. The van der Waals surface area contributed by atoms with Crippen LogP contribution in [0.5, 0.6) is 0 Å². The molecular formula is C26H25ClN4OS. The van der Waals surface area contributed by atoms with Gasteiger partial charge >= 0.3 is 0 Å². The van der Waals surface area contributed by atoms with Crippen LogP contribution in [0.1, 0.15) is 18.4 Å². The van der Waals surface area contributed by atoms with Gasteiger partial charge in [-0.15, -0.1) is 10.2 Å². The fourth-order valence-corrected chi connectivity index (χ4v) is 4.58. The van der Waals surface area contributed by atoms with Crippen LogP contribution in [0.25, 0.3) is 17.1 Å². The molecule has 3 aromatic carbocycles. The first-order valence-electron chi connectivity index (χ1n) is 10.9. The van der Waals surface area contributed by atoms with Crippen molar-refractivity contribution < 1.29 is 4.79 Å². The van der Waals surface area contributed by atoms with Crippen LogP contribution in [0.4, 0.5) is 0 Å². The van der Waals surface area contributed by atoms with Crippen LogP contribution in [0, 0.1) is 0 Å². The Morgan fingerprint density at radius 1 is 0.909 bits per heavy atom. The van der Waals surface area contributed by atoms with Crippen LogP contribution >= 0.6 is 23.4 Å². The Morgan fingerprint density at radius 2 is 1.61 bits per heavy atom. The van der Waals surface area contributed by atoms with E-state index in [0.29, 0.717) is 23.8 Å². The molecule has 7 heteroatoms. The lowest BCUT2D eigenvalue weighted by Crippen LogP contribution is -2.25. The number of nitrogens with one attached hydrogen (secondary N) is 1. The van der Waals surface area contributed by atoms with Crippen LogP contribution in [-0.2, 0) is 11.2 Å². The minimum Gasteiger partial charge on any atom is -0.356 e. The summed E-state index contributed by atoms with van der Waals surface area (Å²) in [7, 11) is 0. The van der Waals surface area contributed by atoms with Crippen LogP contribution < -0.4 is 5.32 Å². The molecule has 168 valence electrons. The van der Waals surface area contributed by atoms with Gasteiger partial charge in [-0.2, -0.15) is 0 Å². The highest BCUT2D eigenvalue weighted by Gasteiger charge is 2.17. The summed E-state index contributed by atoms with van der Waals surface area (Å²) in [5.74, 6) is 1.54. The number of nitrogens with zero attached hydrogens (tertiary/aromatic N) is 3. The number of amides is 1. The molecule has 1 amide bonds. The first kappa shape index (κ1) is 23.1. The van der Waals surface area contributed by atoms with Crippen molar-refractivity contribution in [1.29, 1.82) is 0 Å². The number of halogens is 1. The molecule has 0 unspecified atom stereocenters. The maximum absolute atomic E-state index is 12.2. The molecule has 1 aromatic heterocycles. The summed E-state index contributed by atoms with van der Waals surface area (Å²) in [5, 5.41) is 13.3. The molecule has 0 bridgehead atoms. The Morgan fingerprint density at radius 3 is 2.36 bits per heavy atom. The quantitative estimate of drug-likeness (QED) is 0.231. The molecular weight excluding hydrogens is 452 g/mol. The van der Waals surface area contributed by atoms with Crippen molar-refractivity contribution in [3.63, 3.8) is 0 Å². The number of carbonyl (C=O) groups is 1. The lowest BCUT2D eigenvalue weighted by atomic mass is 10.1. The maximum Gasteiger partial charge on any atom is 0.220 e. The summed E-state index contributed by atoms with van der Waals surface area (Å²) in [6.07, 6.45) is 2.08. The second-order valence-corrected chi connectivity index (χ2v) is 8.96. The van der Waals surface area contributed by atoms with Crippen LogP contribution in [0.2, 0.25) is 5.02 Å². The zero-order valence-electron chi connectivity index (χ0n) is 18.2. The molecule has 4 aromatic rings. The van der Waals surface area contributed by atoms with Gasteiger partial charge in [0.05, 0.1) is 5.02 Å². The smallest absolute Gasteiger partial charge is 0.220 e. The molecule has 0 atom stereocenters. The van der Waals surface area contributed by atoms with E-state index in [1.54, 1.807) is 11.8 Å². The van der Waals surface area contributed by atoms with Gasteiger partial charge in [-0.05, 0) is 42.7 Å². The Labute approximate surface area is 203 Å². The largest absolute Gasteiger partial charge is 0.356 e. The van der Waals surface area contributed by atoms with E-state index in [9.17, 15) is 4.79 Å². The minimum absolute atomic E-state index is 0.0767. The minimum atomic E-state index is 0.0767. The number of hydrogen-bond donors (Lipinski definition) is 1. The number of para-hydroxylation sites is 1. The zero-order chi connectivity index (χ0) is 22.9. The summed E-state index contributed by atoms with van der Waals surface area (Å²) in [6.45, 7) is 0.652. The Bertz CT molecular complexity index is 1180. The monoisotopic (exact) mass is 476 g/mol. The molecule has 0 fully saturated rings. The average Bonchev–Trinajstić information content (AvgIpc) is 3.27. The first-order chi connectivity index (χ1) is 16.2. The SMILES string of the molecule is O=C(CCCSc1nnc(-c2ccccc2Cl)n1-c1ccccc1)NCCc1ccccc1. The number of aromatic nitrogens is 3. The third-order valence-corrected chi connectivity index (χ3v) is 6.47. The van der Waals surface area contributed by atoms with Gasteiger partial charge in [0.15, 0.2) is 11.0 Å². The molecule has 0 aliphatic heterocycles. The highest BCUT2D eigenvalue weighted by molar-refractivity contribution is 7.99. The van der Waals surface area contributed by atoms with Crippen molar-refractivity contribution in [3.8, 4) is 17.1 Å². The molecule has 0 aliphatic rings. The average molecular weight is 477 g/mol. The second-order valence-electron chi connectivity index (χ2n) is 7.49. The molecule has 4 rings (SSSR count). The van der Waals surface area contributed by atoms with Crippen molar-refractivity contribution in [3.05, 3.63) is 95.5 Å². The summed E-state index contributed by atoms with van der Waals surface area (Å²) in [5.41, 5.74) is 3.03. The summed E-state index contributed by atoms with van der Waals surface area (Å²) in [4.78, 5) is 12.2. The number of thioether (sulfide) groups is 1. The molecule has 33 heavy (non-hydrogen) atoms. The molecule has 0 aliphatic carbocycles. The van der Waals surface area contributed by atoms with Gasteiger partial charge in [-0.3, -0.25) is 9.36 Å². The van der Waals surface area contributed by atoms with Crippen LogP contribution in [0.3, 0.4) is 0 Å². The molecule has 0 radical (unpaired) electrons. The first-order valence-corrected chi connectivity index (χ1v) is 12.3. The third-order valence-electron chi connectivity index (χ3n) is 5.12. The molecule has 0 spiro atoms. The summed E-state index contributed by atoms with van der Waals surface area (Å²) < 4.78 is 2.02. The number of benzene rings is 3. The van der Waals surface area contributed by atoms with Gasteiger partial charge in [0.25, 0.3) is 0 Å². The van der Waals surface area contributed by atoms with Crippen LogP contribution in [0.15, 0.2) is 90.1 Å². The van der Waals surface area contributed by atoms with E-state index in [0.717, 1.165) is 35.0 Å². The highest BCUT2D eigenvalue weighted by atomic mass is 35.5. The fourth-order valence-electron chi connectivity index (χ4n) is 3.47. The molecule has 0 saturated carbocycles. The van der Waals surface area contributed by atoms with Gasteiger partial charge in [0, 0.05) is 30.0 Å². The van der Waals surface area contributed by atoms with E-state index in [2.05, 4.69) is 27.6 Å². The van der Waals surface area contributed by atoms with E-state index >= 15 is 0 Å². The Kier molecular flexibility index (Phi) is 8.17. The topological polar surface area (TPSA) is 59.8 Å². The predicted molar refractivity (Wildman–Crippen MR) is 135 cm³/mol. The normalized spacial score (nSPS) is 10.8. The maximum atomic E-state index is 12.2. The van der Waals surface area contributed by atoms with E-state index in [1.807, 2.05) is 77.4 Å². The number of rotatable bonds is 10. The van der Waals surface area contributed by atoms with Gasteiger partial charge in [-0.1, -0.05) is 84.0 Å². The van der Waals surface area contributed by atoms with E-state index in [-0.39, 0.29) is 5.91 Å². The van der Waals surface area contributed by atoms with Crippen molar-refractivity contribution >= 4 is 29.3 Å². The van der Waals surface area contributed by atoms with Crippen molar-refractivity contribution in [2.45, 2.75) is 24.4 Å². The predicted octanol–water partition coefficient (Wildman–Crippen LogP) is 5.82. The van der Waals surface area contributed by atoms with Crippen molar-refractivity contribution in [2.75, 3.05) is 12.3 Å². The zero-order valence-corrected chi connectivity index (χ0v) is 19.7. The molecule has 1 N–H and O–H groups in total. The van der Waals surface area contributed by atoms with Crippen molar-refractivity contribution in [1.82, 2.24) is 20.1 Å². The lowest BCUT2D eigenvalue weighted by Gasteiger charge is -2.11. The highest BCUT2D eigenvalue weighted by Crippen LogP contribution is 2.32. The molecule has 0 saturated heterocycles. The van der Waals surface area contributed by atoms with Gasteiger partial charge in [0.1, 0.15) is 0 Å².